The van der Waals surface area contributed by atoms with Crippen LogP contribution in [0, 0.1) is 6.92 Å². The summed E-state index contributed by atoms with van der Waals surface area (Å²) < 4.78 is 10.5. The third-order valence-electron chi connectivity index (χ3n) is 5.85. The molecule has 1 fully saturated rings. The predicted octanol–water partition coefficient (Wildman–Crippen LogP) is 2.73. The fraction of sp³-hybridized carbons (Fsp3) is 0.417. The van der Waals surface area contributed by atoms with E-state index in [9.17, 15) is 9.59 Å². The van der Waals surface area contributed by atoms with E-state index >= 15 is 0 Å². The van der Waals surface area contributed by atoms with Gasteiger partial charge in [-0.2, -0.15) is 0 Å². The molecule has 1 saturated heterocycles. The number of benzene rings is 2. The molecule has 1 atom stereocenters. The number of carbonyl (C=O) groups is 2. The lowest BCUT2D eigenvalue weighted by molar-refractivity contribution is -0.133. The smallest absolute Gasteiger partial charge is 0.241 e. The fourth-order valence-corrected chi connectivity index (χ4v) is 3.77. The summed E-state index contributed by atoms with van der Waals surface area (Å²) in [5.74, 6) is 1.22. The van der Waals surface area contributed by atoms with Crippen LogP contribution in [0.15, 0.2) is 42.5 Å². The Morgan fingerprint density at radius 1 is 1.00 bits per heavy atom. The molecule has 0 aromatic heterocycles. The first-order chi connectivity index (χ1) is 14.9. The highest BCUT2D eigenvalue weighted by Crippen LogP contribution is 2.29. The Hall–Kier alpha value is -3.06. The van der Waals surface area contributed by atoms with Gasteiger partial charge in [0.05, 0.1) is 26.7 Å². The quantitative estimate of drug-likeness (QED) is 0.739. The lowest BCUT2D eigenvalue weighted by Crippen LogP contribution is -2.54. The second kappa shape index (κ2) is 10.3. The van der Waals surface area contributed by atoms with Crippen molar-refractivity contribution in [3.8, 4) is 11.5 Å². The van der Waals surface area contributed by atoms with Crippen molar-refractivity contribution in [1.29, 1.82) is 0 Å². The highest BCUT2D eigenvalue weighted by Gasteiger charge is 2.27. The summed E-state index contributed by atoms with van der Waals surface area (Å²) in [6, 6.07) is 13.0. The number of hydrogen-bond donors (Lipinski definition) is 1. The Morgan fingerprint density at radius 2 is 1.68 bits per heavy atom. The van der Waals surface area contributed by atoms with Gasteiger partial charge in [-0.15, -0.1) is 0 Å². The molecule has 7 nitrogen and oxygen atoms in total. The van der Waals surface area contributed by atoms with Crippen LogP contribution in [0.1, 0.15) is 18.1 Å². The standard InChI is InChI=1S/C24H31N3O4/c1-17-7-5-6-8-19(17)15-23(28)27-13-11-26(12-14-27)18(2)24(29)25-20-9-10-21(30-3)22(16-20)31-4/h5-10,16,18H,11-15H2,1-4H3,(H,25,29). The maximum Gasteiger partial charge on any atom is 0.241 e. The van der Waals surface area contributed by atoms with Crippen LogP contribution in [-0.4, -0.2) is 68.1 Å². The van der Waals surface area contributed by atoms with E-state index < -0.39 is 0 Å². The third-order valence-corrected chi connectivity index (χ3v) is 5.85. The van der Waals surface area contributed by atoms with Gasteiger partial charge >= 0.3 is 0 Å². The molecule has 7 heteroatoms. The molecular weight excluding hydrogens is 394 g/mol. The van der Waals surface area contributed by atoms with Crippen LogP contribution in [0.25, 0.3) is 0 Å². The Balaban J connectivity index is 1.52. The first kappa shape index (κ1) is 22.6. The number of methoxy groups -OCH3 is 2. The molecule has 0 aliphatic carbocycles. The lowest BCUT2D eigenvalue weighted by atomic mass is 10.0. The first-order valence-electron chi connectivity index (χ1n) is 10.5. The van der Waals surface area contributed by atoms with E-state index in [1.807, 2.05) is 43.0 Å². The van der Waals surface area contributed by atoms with E-state index in [-0.39, 0.29) is 17.9 Å². The van der Waals surface area contributed by atoms with E-state index in [0.29, 0.717) is 49.8 Å². The maximum atomic E-state index is 12.8. The Labute approximate surface area is 183 Å². The minimum atomic E-state index is -0.304. The van der Waals surface area contributed by atoms with E-state index in [1.165, 1.54) is 0 Å². The van der Waals surface area contributed by atoms with Crippen molar-refractivity contribution < 1.29 is 19.1 Å². The molecule has 0 saturated carbocycles. The van der Waals surface area contributed by atoms with Gasteiger partial charge in [0.15, 0.2) is 11.5 Å². The van der Waals surface area contributed by atoms with Crippen molar-refractivity contribution >= 4 is 17.5 Å². The molecule has 1 aliphatic rings. The van der Waals surface area contributed by atoms with Gasteiger partial charge in [-0.05, 0) is 37.1 Å². The molecule has 31 heavy (non-hydrogen) atoms. The van der Waals surface area contributed by atoms with Crippen molar-refractivity contribution in [2.75, 3.05) is 45.7 Å². The molecule has 2 amide bonds. The second-order valence-electron chi connectivity index (χ2n) is 7.76. The topological polar surface area (TPSA) is 71.1 Å². The molecule has 3 rings (SSSR count). The van der Waals surface area contributed by atoms with Gasteiger partial charge in [-0.25, -0.2) is 0 Å². The molecule has 2 aromatic rings. The van der Waals surface area contributed by atoms with Gasteiger partial charge < -0.3 is 19.7 Å². The summed E-state index contributed by atoms with van der Waals surface area (Å²) in [5.41, 5.74) is 2.86. The molecule has 1 N–H and O–H groups in total. The highest BCUT2D eigenvalue weighted by molar-refractivity contribution is 5.94. The minimum Gasteiger partial charge on any atom is -0.493 e. The van der Waals surface area contributed by atoms with Crippen molar-refractivity contribution in [2.24, 2.45) is 0 Å². The number of nitrogens with one attached hydrogen (secondary N) is 1. The summed E-state index contributed by atoms with van der Waals surface area (Å²) in [6.07, 6.45) is 0.419. The Morgan fingerprint density at radius 3 is 2.32 bits per heavy atom. The molecule has 1 aliphatic heterocycles. The molecule has 1 heterocycles. The van der Waals surface area contributed by atoms with Crippen molar-refractivity contribution in [3.63, 3.8) is 0 Å². The number of ether oxygens (including phenoxy) is 2. The number of piperazine rings is 1. The van der Waals surface area contributed by atoms with Crippen molar-refractivity contribution in [1.82, 2.24) is 9.80 Å². The third kappa shape index (κ3) is 5.55. The molecule has 2 aromatic carbocycles. The van der Waals surface area contributed by atoms with Crippen molar-refractivity contribution in [2.45, 2.75) is 26.3 Å². The van der Waals surface area contributed by atoms with Gasteiger partial charge in [0.25, 0.3) is 0 Å². The molecule has 1 unspecified atom stereocenters. The van der Waals surface area contributed by atoms with Gasteiger partial charge in [0.1, 0.15) is 0 Å². The van der Waals surface area contributed by atoms with Crippen molar-refractivity contribution in [3.05, 3.63) is 53.6 Å². The Bertz CT molecular complexity index is 923. The molecule has 0 spiro atoms. The number of anilines is 1. The van der Waals surface area contributed by atoms with Crippen LogP contribution >= 0.6 is 0 Å². The SMILES string of the molecule is COc1ccc(NC(=O)C(C)N2CCN(C(=O)Cc3ccccc3C)CC2)cc1OC. The molecule has 0 radical (unpaired) electrons. The van der Waals surface area contributed by atoms with Gasteiger partial charge in [0, 0.05) is 37.9 Å². The Kier molecular flexibility index (Phi) is 7.52. The maximum absolute atomic E-state index is 12.8. The van der Waals surface area contributed by atoms with E-state index in [2.05, 4.69) is 10.2 Å². The van der Waals surface area contributed by atoms with Crippen LogP contribution in [0.3, 0.4) is 0 Å². The zero-order valence-electron chi connectivity index (χ0n) is 18.7. The number of amides is 2. The largest absolute Gasteiger partial charge is 0.493 e. The number of aryl methyl sites for hydroxylation is 1. The number of rotatable bonds is 7. The zero-order chi connectivity index (χ0) is 22.4. The van der Waals surface area contributed by atoms with Crippen LogP contribution in [-0.2, 0) is 16.0 Å². The fourth-order valence-electron chi connectivity index (χ4n) is 3.77. The first-order valence-corrected chi connectivity index (χ1v) is 10.5. The predicted molar refractivity (Wildman–Crippen MR) is 121 cm³/mol. The summed E-state index contributed by atoms with van der Waals surface area (Å²) in [4.78, 5) is 29.4. The average molecular weight is 426 g/mol. The molecular formula is C24H31N3O4. The highest BCUT2D eigenvalue weighted by atomic mass is 16.5. The number of nitrogens with zero attached hydrogens (tertiary/aromatic N) is 2. The van der Waals surface area contributed by atoms with Crippen LogP contribution in [0.2, 0.25) is 0 Å². The zero-order valence-corrected chi connectivity index (χ0v) is 18.7. The second-order valence-corrected chi connectivity index (χ2v) is 7.76. The van der Waals surface area contributed by atoms with Gasteiger partial charge in [0.2, 0.25) is 11.8 Å². The summed E-state index contributed by atoms with van der Waals surface area (Å²) >= 11 is 0. The lowest BCUT2D eigenvalue weighted by Gasteiger charge is -2.37. The van der Waals surface area contributed by atoms with E-state index in [4.69, 9.17) is 9.47 Å². The summed E-state index contributed by atoms with van der Waals surface area (Å²) in [7, 11) is 3.13. The summed E-state index contributed by atoms with van der Waals surface area (Å²) in [5, 5.41) is 2.94. The van der Waals surface area contributed by atoms with Gasteiger partial charge in [-0.1, -0.05) is 24.3 Å². The van der Waals surface area contributed by atoms with Crippen LogP contribution in [0.4, 0.5) is 5.69 Å². The minimum absolute atomic E-state index is 0.0908. The van der Waals surface area contributed by atoms with Crippen LogP contribution in [0.5, 0.6) is 11.5 Å². The average Bonchev–Trinajstić information content (AvgIpc) is 2.80. The normalized spacial score (nSPS) is 15.3. The van der Waals surface area contributed by atoms with Crippen LogP contribution < -0.4 is 14.8 Å². The monoisotopic (exact) mass is 425 g/mol. The van der Waals surface area contributed by atoms with Gasteiger partial charge in [-0.3, -0.25) is 14.5 Å². The van der Waals surface area contributed by atoms with E-state index in [1.54, 1.807) is 32.4 Å². The molecule has 166 valence electrons. The molecule has 0 bridgehead atoms. The number of carbonyl (C=O) groups excluding carboxylic acids is 2. The summed E-state index contributed by atoms with van der Waals surface area (Å²) in [6.45, 7) is 6.50. The van der Waals surface area contributed by atoms with E-state index in [0.717, 1.165) is 11.1 Å². The number of hydrogen-bond acceptors (Lipinski definition) is 5.